The fourth-order valence-corrected chi connectivity index (χ4v) is 3.95. The first-order valence-corrected chi connectivity index (χ1v) is 9.38. The number of rotatable bonds is 5. The van der Waals surface area contributed by atoms with Crippen molar-refractivity contribution in [1.82, 2.24) is 9.80 Å². The molecule has 0 N–H and O–H groups in total. The van der Waals surface area contributed by atoms with Crippen molar-refractivity contribution in [1.29, 1.82) is 0 Å². The number of carbonyl (C=O) groups excluding carboxylic acids is 1. The number of aryl methyl sites for hydroxylation is 1. The van der Waals surface area contributed by atoms with Gasteiger partial charge in [0.1, 0.15) is 0 Å². The van der Waals surface area contributed by atoms with Crippen LogP contribution in [0.15, 0.2) is 30.3 Å². The molecule has 1 amide bonds. The van der Waals surface area contributed by atoms with Gasteiger partial charge in [0, 0.05) is 32.1 Å². The lowest BCUT2D eigenvalue weighted by Crippen LogP contribution is -2.50. The molecule has 1 saturated carbocycles. The summed E-state index contributed by atoms with van der Waals surface area (Å²) in [5, 5.41) is 0. The highest BCUT2D eigenvalue weighted by Crippen LogP contribution is 2.25. The molecule has 3 rings (SSSR count). The molecule has 0 radical (unpaired) electrons. The van der Waals surface area contributed by atoms with E-state index in [-0.39, 0.29) is 0 Å². The van der Waals surface area contributed by atoms with Crippen LogP contribution in [0.3, 0.4) is 0 Å². The Morgan fingerprint density at radius 1 is 0.957 bits per heavy atom. The lowest BCUT2D eigenvalue weighted by atomic mass is 9.88. The van der Waals surface area contributed by atoms with E-state index in [9.17, 15) is 4.79 Å². The Morgan fingerprint density at radius 3 is 2.35 bits per heavy atom. The van der Waals surface area contributed by atoms with Crippen molar-refractivity contribution >= 4 is 5.91 Å². The molecule has 1 aromatic rings. The van der Waals surface area contributed by atoms with Crippen LogP contribution in [-0.2, 0) is 11.2 Å². The quantitative estimate of drug-likeness (QED) is 0.832. The maximum absolute atomic E-state index is 12.6. The molecule has 3 nitrogen and oxygen atoms in total. The normalized spacial score (nSPS) is 20.6. The Labute approximate surface area is 140 Å². The number of hydrogen-bond acceptors (Lipinski definition) is 2. The predicted molar refractivity (Wildman–Crippen MR) is 94.4 cm³/mol. The van der Waals surface area contributed by atoms with Crippen molar-refractivity contribution in [3.63, 3.8) is 0 Å². The number of nitrogens with zero attached hydrogens (tertiary/aromatic N) is 2. The minimum Gasteiger partial charge on any atom is -0.340 e. The Balaban J connectivity index is 1.36. The second-order valence-corrected chi connectivity index (χ2v) is 7.09. The van der Waals surface area contributed by atoms with Gasteiger partial charge in [-0.3, -0.25) is 9.69 Å². The zero-order valence-electron chi connectivity index (χ0n) is 14.3. The summed E-state index contributed by atoms with van der Waals surface area (Å²) in [5.74, 6) is 0.766. The fourth-order valence-electron chi connectivity index (χ4n) is 3.95. The average molecular weight is 314 g/mol. The molecule has 2 aliphatic rings. The van der Waals surface area contributed by atoms with Crippen LogP contribution >= 0.6 is 0 Å². The third kappa shape index (κ3) is 4.81. The van der Waals surface area contributed by atoms with Crippen LogP contribution in [0.25, 0.3) is 0 Å². The van der Waals surface area contributed by atoms with Crippen LogP contribution in [0, 0.1) is 5.92 Å². The second kappa shape index (κ2) is 8.49. The zero-order valence-corrected chi connectivity index (χ0v) is 14.3. The van der Waals surface area contributed by atoms with Gasteiger partial charge < -0.3 is 4.90 Å². The molecule has 0 atom stereocenters. The highest BCUT2D eigenvalue weighted by molar-refractivity contribution is 5.79. The Morgan fingerprint density at radius 2 is 1.65 bits per heavy atom. The minimum atomic E-state index is 0.327. The fraction of sp³-hybridized carbons (Fsp3) is 0.650. The van der Waals surface area contributed by atoms with E-state index in [0.717, 1.165) is 52.0 Å². The molecule has 0 spiro atoms. The number of hydrogen-bond donors (Lipinski definition) is 0. The van der Waals surface area contributed by atoms with Gasteiger partial charge in [0.05, 0.1) is 0 Å². The number of piperazine rings is 1. The van der Waals surface area contributed by atoms with Gasteiger partial charge in [-0.1, -0.05) is 49.6 Å². The SMILES string of the molecule is O=C(C1CCCCC1)N1CCN(CCCc2ccccc2)CC1. The van der Waals surface area contributed by atoms with Gasteiger partial charge in [-0.2, -0.15) is 0 Å². The van der Waals surface area contributed by atoms with Crippen LogP contribution in [0.4, 0.5) is 0 Å². The van der Waals surface area contributed by atoms with Gasteiger partial charge in [0.15, 0.2) is 0 Å². The summed E-state index contributed by atoms with van der Waals surface area (Å²) in [7, 11) is 0. The summed E-state index contributed by atoms with van der Waals surface area (Å²) < 4.78 is 0. The standard InChI is InChI=1S/C20H30N2O/c23-20(19-11-5-2-6-12-19)22-16-14-21(15-17-22)13-7-10-18-8-3-1-4-9-18/h1,3-4,8-9,19H,2,5-7,10-17H2. The number of carbonyl (C=O) groups is 1. The highest BCUT2D eigenvalue weighted by atomic mass is 16.2. The van der Waals surface area contributed by atoms with E-state index in [1.54, 1.807) is 0 Å². The molecule has 1 aliphatic carbocycles. The summed E-state index contributed by atoms with van der Waals surface area (Å²) in [6.07, 6.45) is 8.42. The van der Waals surface area contributed by atoms with E-state index in [1.807, 2.05) is 0 Å². The van der Waals surface area contributed by atoms with Gasteiger partial charge in [-0.05, 0) is 37.8 Å². The van der Waals surface area contributed by atoms with Gasteiger partial charge >= 0.3 is 0 Å². The summed E-state index contributed by atoms with van der Waals surface area (Å²) in [6.45, 7) is 5.11. The van der Waals surface area contributed by atoms with Gasteiger partial charge in [0.2, 0.25) is 5.91 Å². The molecule has 3 heteroatoms. The van der Waals surface area contributed by atoms with E-state index >= 15 is 0 Å². The Kier molecular flexibility index (Phi) is 6.09. The molecular weight excluding hydrogens is 284 g/mol. The van der Waals surface area contributed by atoms with Crippen LogP contribution in [0.1, 0.15) is 44.1 Å². The van der Waals surface area contributed by atoms with Crippen molar-refractivity contribution in [3.8, 4) is 0 Å². The van der Waals surface area contributed by atoms with Crippen molar-refractivity contribution < 1.29 is 4.79 Å². The summed E-state index contributed by atoms with van der Waals surface area (Å²) >= 11 is 0. The average Bonchev–Trinajstić information content (AvgIpc) is 2.63. The van der Waals surface area contributed by atoms with Crippen LogP contribution in [0.2, 0.25) is 0 Å². The van der Waals surface area contributed by atoms with E-state index in [4.69, 9.17) is 0 Å². The molecule has 1 saturated heterocycles. The van der Waals surface area contributed by atoms with Crippen molar-refractivity contribution in [2.45, 2.75) is 44.9 Å². The van der Waals surface area contributed by atoms with Crippen molar-refractivity contribution in [2.75, 3.05) is 32.7 Å². The first kappa shape index (κ1) is 16.5. The number of benzene rings is 1. The highest BCUT2D eigenvalue weighted by Gasteiger charge is 2.28. The maximum Gasteiger partial charge on any atom is 0.225 e. The van der Waals surface area contributed by atoms with Crippen LogP contribution in [0.5, 0.6) is 0 Å². The van der Waals surface area contributed by atoms with Crippen molar-refractivity contribution in [3.05, 3.63) is 35.9 Å². The van der Waals surface area contributed by atoms with Gasteiger partial charge in [0.25, 0.3) is 0 Å². The van der Waals surface area contributed by atoms with E-state index in [1.165, 1.54) is 31.2 Å². The van der Waals surface area contributed by atoms with Crippen LogP contribution in [-0.4, -0.2) is 48.4 Å². The third-order valence-corrected chi connectivity index (χ3v) is 5.42. The van der Waals surface area contributed by atoms with Gasteiger partial charge in [-0.15, -0.1) is 0 Å². The smallest absolute Gasteiger partial charge is 0.225 e. The predicted octanol–water partition coefficient (Wildman–Crippen LogP) is 3.34. The molecule has 0 aromatic heterocycles. The third-order valence-electron chi connectivity index (χ3n) is 5.42. The summed E-state index contributed by atoms with van der Waals surface area (Å²) in [6, 6.07) is 10.7. The van der Waals surface area contributed by atoms with Gasteiger partial charge in [-0.25, -0.2) is 0 Å². The molecule has 23 heavy (non-hydrogen) atoms. The monoisotopic (exact) mass is 314 g/mol. The van der Waals surface area contributed by atoms with E-state index in [0.29, 0.717) is 11.8 Å². The second-order valence-electron chi connectivity index (χ2n) is 7.09. The largest absolute Gasteiger partial charge is 0.340 e. The Bertz CT molecular complexity index is 474. The summed E-state index contributed by atoms with van der Waals surface area (Å²) in [4.78, 5) is 17.2. The van der Waals surface area contributed by atoms with Crippen molar-refractivity contribution in [2.24, 2.45) is 5.92 Å². The molecule has 2 fully saturated rings. The molecular formula is C20H30N2O. The lowest BCUT2D eigenvalue weighted by Gasteiger charge is -2.37. The van der Waals surface area contributed by atoms with E-state index in [2.05, 4.69) is 40.1 Å². The topological polar surface area (TPSA) is 23.6 Å². The van der Waals surface area contributed by atoms with E-state index < -0.39 is 0 Å². The first-order valence-electron chi connectivity index (χ1n) is 9.38. The molecule has 126 valence electrons. The van der Waals surface area contributed by atoms with Crippen LogP contribution < -0.4 is 0 Å². The molecule has 0 bridgehead atoms. The zero-order chi connectivity index (χ0) is 15.9. The number of amides is 1. The molecule has 1 heterocycles. The Hall–Kier alpha value is -1.35. The molecule has 1 aromatic carbocycles. The summed E-state index contributed by atoms with van der Waals surface area (Å²) in [5.41, 5.74) is 1.43. The minimum absolute atomic E-state index is 0.327. The molecule has 1 aliphatic heterocycles. The first-order chi connectivity index (χ1) is 11.3. The lowest BCUT2D eigenvalue weighted by molar-refractivity contribution is -0.138. The maximum atomic E-state index is 12.6. The molecule has 0 unspecified atom stereocenters.